The van der Waals surface area contributed by atoms with Crippen molar-refractivity contribution in [1.82, 2.24) is 5.06 Å². The van der Waals surface area contributed by atoms with Crippen LogP contribution in [-0.2, 0) is 9.94 Å². The smallest absolute Gasteiger partial charge is 0.142 e. The number of nitrogens with zero attached hydrogens (tertiary/aromatic N) is 1. The number of hydrogen-bond acceptors (Lipinski definition) is 2. The summed E-state index contributed by atoms with van der Waals surface area (Å²) < 4.78 is 5.33. The molecule has 1 aliphatic rings. The van der Waals surface area contributed by atoms with Gasteiger partial charge in [-0.05, 0) is 34.1 Å². The average molecular weight is 158 g/mol. The monoisotopic (exact) mass is 158 g/mol. The van der Waals surface area contributed by atoms with Crippen LogP contribution < -0.4 is 0 Å². The van der Waals surface area contributed by atoms with Crippen molar-refractivity contribution in [3.63, 3.8) is 0 Å². The molecule has 1 aliphatic heterocycles. The minimum absolute atomic E-state index is 0.276. The molecule has 1 heterocycles. The van der Waals surface area contributed by atoms with E-state index in [2.05, 4.69) is 0 Å². The second-order valence-corrected chi connectivity index (χ2v) is 4.15. The van der Waals surface area contributed by atoms with Crippen molar-refractivity contribution in [2.24, 2.45) is 0 Å². The second-order valence-electron chi connectivity index (χ2n) is 4.15. The Kier molecular flexibility index (Phi) is 1.99. The normalized spacial score (nSPS) is 30.3. The fourth-order valence-electron chi connectivity index (χ4n) is 1.44. The highest BCUT2D eigenvalue weighted by Crippen LogP contribution is 2.31. The first-order valence-electron chi connectivity index (χ1n) is 3.98. The van der Waals surface area contributed by atoms with E-state index in [0.717, 1.165) is 11.5 Å². The summed E-state index contributed by atoms with van der Waals surface area (Å²) in [7, 11) is 0. The summed E-state index contributed by atoms with van der Waals surface area (Å²) in [5.41, 5.74) is -0.927. The molecule has 1 rings (SSSR count). The Morgan fingerprint density at radius 2 is 1.82 bits per heavy atom. The Bertz CT molecular complexity index is 138. The summed E-state index contributed by atoms with van der Waals surface area (Å²) in [5.74, 6) is 0. The lowest BCUT2D eigenvalue weighted by Crippen LogP contribution is -2.58. The van der Waals surface area contributed by atoms with E-state index in [0.29, 0.717) is 6.61 Å². The van der Waals surface area contributed by atoms with Gasteiger partial charge in [0, 0.05) is 5.54 Å². The topological polar surface area (TPSA) is 32.4 Å². The maximum atomic E-state index is 11.6. The fraction of sp³-hybridized carbons (Fsp3) is 1.00. The van der Waals surface area contributed by atoms with Crippen LogP contribution in [0.3, 0.4) is 0 Å². The molecule has 0 atom stereocenters. The minimum Gasteiger partial charge on any atom is -0.359 e. The predicted molar refractivity (Wildman–Crippen MR) is 41.3 cm³/mol. The molecule has 1 radical (unpaired) electrons. The van der Waals surface area contributed by atoms with E-state index in [9.17, 15) is 5.21 Å². The molecular formula is C8H16NO2. The van der Waals surface area contributed by atoms with Gasteiger partial charge in [-0.15, -0.1) is 10.3 Å². The van der Waals surface area contributed by atoms with E-state index in [1.165, 1.54) is 0 Å². The van der Waals surface area contributed by atoms with Crippen LogP contribution in [0.1, 0.15) is 34.1 Å². The Morgan fingerprint density at radius 1 is 1.27 bits per heavy atom. The van der Waals surface area contributed by atoms with Crippen LogP contribution in [0.25, 0.3) is 0 Å². The van der Waals surface area contributed by atoms with Crippen LogP contribution in [0.15, 0.2) is 0 Å². The molecule has 0 saturated carbocycles. The van der Waals surface area contributed by atoms with Crippen LogP contribution in [-0.4, -0.2) is 22.9 Å². The third-order valence-corrected chi connectivity index (χ3v) is 2.21. The number of hydrogen-bond donors (Lipinski definition) is 0. The Labute approximate surface area is 67.9 Å². The van der Waals surface area contributed by atoms with Gasteiger partial charge in [0.05, 0.1) is 6.61 Å². The van der Waals surface area contributed by atoms with Crippen molar-refractivity contribution >= 4 is 0 Å². The largest absolute Gasteiger partial charge is 0.359 e. The van der Waals surface area contributed by atoms with Crippen molar-refractivity contribution in [2.45, 2.75) is 45.4 Å². The van der Waals surface area contributed by atoms with E-state index in [1.54, 1.807) is 13.8 Å². The van der Waals surface area contributed by atoms with Gasteiger partial charge in [-0.2, -0.15) is 0 Å². The maximum Gasteiger partial charge on any atom is 0.142 e. The standard InChI is InChI=1S/C8H16NO2/c1-7(2)5-6-11-8(3,4)9(7)10/h5-6H2,1-4H3. The van der Waals surface area contributed by atoms with E-state index >= 15 is 0 Å². The summed E-state index contributed by atoms with van der Waals surface area (Å²) in [6.45, 7) is 8.19. The van der Waals surface area contributed by atoms with E-state index in [1.807, 2.05) is 13.8 Å². The first kappa shape index (κ1) is 8.97. The van der Waals surface area contributed by atoms with Gasteiger partial charge in [0.2, 0.25) is 0 Å². The molecule has 65 valence electrons. The van der Waals surface area contributed by atoms with Gasteiger partial charge in [-0.25, -0.2) is 0 Å². The number of rotatable bonds is 0. The summed E-state index contributed by atoms with van der Waals surface area (Å²) in [5, 5.41) is 12.6. The van der Waals surface area contributed by atoms with E-state index in [-0.39, 0.29) is 5.54 Å². The zero-order chi connectivity index (χ0) is 8.70. The zero-order valence-electron chi connectivity index (χ0n) is 7.68. The van der Waals surface area contributed by atoms with Gasteiger partial charge < -0.3 is 4.74 Å². The van der Waals surface area contributed by atoms with Crippen molar-refractivity contribution in [1.29, 1.82) is 0 Å². The molecule has 1 fully saturated rings. The maximum absolute atomic E-state index is 11.6. The van der Waals surface area contributed by atoms with Crippen LogP contribution in [0.4, 0.5) is 0 Å². The lowest BCUT2D eigenvalue weighted by Gasteiger charge is -2.46. The average Bonchev–Trinajstić information content (AvgIpc) is 1.82. The molecule has 0 aromatic rings. The van der Waals surface area contributed by atoms with Gasteiger partial charge in [-0.1, -0.05) is 0 Å². The second kappa shape index (κ2) is 2.44. The highest BCUT2D eigenvalue weighted by molar-refractivity contribution is 4.85. The van der Waals surface area contributed by atoms with Crippen LogP contribution in [0.5, 0.6) is 0 Å². The zero-order valence-corrected chi connectivity index (χ0v) is 7.68. The van der Waals surface area contributed by atoms with Crippen molar-refractivity contribution in [3.05, 3.63) is 0 Å². The first-order valence-corrected chi connectivity index (χ1v) is 3.98. The molecule has 0 aliphatic carbocycles. The SMILES string of the molecule is CC1(C)CCOC(C)(C)N1[O]. The molecule has 0 aromatic heterocycles. The third kappa shape index (κ3) is 1.55. The Hall–Kier alpha value is -0.120. The molecule has 0 aromatic carbocycles. The minimum atomic E-state index is -0.651. The summed E-state index contributed by atoms with van der Waals surface area (Å²) in [4.78, 5) is 0. The molecule has 0 N–H and O–H groups in total. The molecule has 3 heteroatoms. The van der Waals surface area contributed by atoms with Gasteiger partial charge in [-0.3, -0.25) is 0 Å². The molecule has 1 saturated heterocycles. The van der Waals surface area contributed by atoms with Crippen LogP contribution >= 0.6 is 0 Å². The molecule has 11 heavy (non-hydrogen) atoms. The van der Waals surface area contributed by atoms with Crippen LogP contribution in [0, 0.1) is 0 Å². The highest BCUT2D eigenvalue weighted by atomic mass is 16.6. The molecule has 0 bridgehead atoms. The molecule has 0 unspecified atom stereocenters. The summed E-state index contributed by atoms with van der Waals surface area (Å²) in [6, 6.07) is 0. The molecular weight excluding hydrogens is 142 g/mol. The molecule has 0 amide bonds. The van der Waals surface area contributed by atoms with Crippen molar-refractivity contribution < 1.29 is 9.94 Å². The van der Waals surface area contributed by atoms with Crippen molar-refractivity contribution in [3.8, 4) is 0 Å². The van der Waals surface area contributed by atoms with Gasteiger partial charge in [0.15, 0.2) is 0 Å². The summed E-state index contributed by atoms with van der Waals surface area (Å²) >= 11 is 0. The first-order chi connectivity index (χ1) is 4.86. The number of hydroxylamine groups is 2. The third-order valence-electron chi connectivity index (χ3n) is 2.21. The van der Waals surface area contributed by atoms with Gasteiger partial charge in [0.25, 0.3) is 0 Å². The van der Waals surface area contributed by atoms with Gasteiger partial charge in [0.1, 0.15) is 5.72 Å². The Balaban J connectivity index is 2.76. The van der Waals surface area contributed by atoms with E-state index < -0.39 is 5.72 Å². The van der Waals surface area contributed by atoms with Crippen molar-refractivity contribution in [2.75, 3.05) is 6.61 Å². The predicted octanol–water partition coefficient (Wildman–Crippen LogP) is 1.57. The molecule has 3 nitrogen and oxygen atoms in total. The van der Waals surface area contributed by atoms with E-state index in [4.69, 9.17) is 4.74 Å². The number of ether oxygens (including phenoxy) is 1. The van der Waals surface area contributed by atoms with Gasteiger partial charge >= 0.3 is 0 Å². The Morgan fingerprint density at radius 3 is 2.18 bits per heavy atom. The lowest BCUT2D eigenvalue weighted by molar-refractivity contribution is -0.366. The van der Waals surface area contributed by atoms with Crippen LogP contribution in [0.2, 0.25) is 0 Å². The lowest BCUT2D eigenvalue weighted by atomic mass is 9.96. The highest BCUT2D eigenvalue weighted by Gasteiger charge is 2.42. The fourth-order valence-corrected chi connectivity index (χ4v) is 1.44. The molecule has 0 spiro atoms. The quantitative estimate of drug-likeness (QED) is 0.536. The summed E-state index contributed by atoms with van der Waals surface area (Å²) in [6.07, 6.45) is 0.805.